The van der Waals surface area contributed by atoms with Crippen LogP contribution in [0.1, 0.15) is 16.9 Å². The van der Waals surface area contributed by atoms with Crippen molar-refractivity contribution in [1.29, 1.82) is 0 Å². The molecule has 0 radical (unpaired) electrons. The lowest BCUT2D eigenvalue weighted by Gasteiger charge is -2.32. The summed E-state index contributed by atoms with van der Waals surface area (Å²) in [5.41, 5.74) is 1.64. The van der Waals surface area contributed by atoms with Crippen LogP contribution in [0, 0.1) is 5.41 Å². The number of likely N-dealkylation sites (tertiary alicyclic amines) is 1. The van der Waals surface area contributed by atoms with Gasteiger partial charge in [-0.2, -0.15) is 0 Å². The van der Waals surface area contributed by atoms with E-state index in [0.717, 1.165) is 45.9 Å². The van der Waals surface area contributed by atoms with Crippen LogP contribution in [0.3, 0.4) is 0 Å². The van der Waals surface area contributed by atoms with Crippen LogP contribution in [0.4, 0.5) is 0 Å². The van der Waals surface area contributed by atoms with E-state index in [1.54, 1.807) is 0 Å². The summed E-state index contributed by atoms with van der Waals surface area (Å²) >= 11 is 1.86. The first-order valence-corrected chi connectivity index (χ1v) is 9.63. The summed E-state index contributed by atoms with van der Waals surface area (Å²) < 4.78 is 6.01. The number of rotatable bonds is 4. The minimum atomic E-state index is 0.292. The summed E-state index contributed by atoms with van der Waals surface area (Å²) in [6, 6.07) is 8.64. The molecule has 5 heteroatoms. The fourth-order valence-electron chi connectivity index (χ4n) is 4.00. The predicted molar refractivity (Wildman–Crippen MR) is 97.0 cm³/mol. The van der Waals surface area contributed by atoms with Crippen LogP contribution in [0.2, 0.25) is 0 Å². The molecule has 0 aliphatic carbocycles. The van der Waals surface area contributed by atoms with Crippen LogP contribution in [0.15, 0.2) is 42.0 Å². The Morgan fingerprint density at radius 3 is 2.71 bits per heavy atom. The van der Waals surface area contributed by atoms with Crippen LogP contribution >= 0.6 is 11.3 Å². The lowest BCUT2D eigenvalue weighted by molar-refractivity contribution is 0.0707. The molecule has 24 heavy (non-hydrogen) atoms. The van der Waals surface area contributed by atoms with Gasteiger partial charge in [0, 0.05) is 55.4 Å². The van der Waals surface area contributed by atoms with Gasteiger partial charge in [-0.05, 0) is 42.1 Å². The van der Waals surface area contributed by atoms with E-state index in [4.69, 9.17) is 4.74 Å². The third kappa shape index (κ3) is 3.86. The molecule has 0 bridgehead atoms. The Morgan fingerprint density at radius 1 is 1.08 bits per heavy atom. The number of hydrogen-bond donors (Lipinski definition) is 0. The summed E-state index contributed by atoms with van der Waals surface area (Å²) in [5, 5.41) is 2.17. The molecule has 1 atom stereocenters. The van der Waals surface area contributed by atoms with Gasteiger partial charge in [0.2, 0.25) is 0 Å². The molecule has 0 amide bonds. The van der Waals surface area contributed by atoms with Gasteiger partial charge in [-0.25, -0.2) is 0 Å². The smallest absolute Gasteiger partial charge is 0.0593 e. The van der Waals surface area contributed by atoms with Crippen molar-refractivity contribution in [3.63, 3.8) is 0 Å². The second kappa shape index (κ2) is 7.31. The predicted octanol–water partition coefficient (Wildman–Crippen LogP) is 2.87. The van der Waals surface area contributed by atoms with Crippen molar-refractivity contribution in [1.82, 2.24) is 14.8 Å². The molecule has 4 nitrogen and oxygen atoms in total. The zero-order valence-corrected chi connectivity index (χ0v) is 14.9. The van der Waals surface area contributed by atoms with Gasteiger partial charge in [0.05, 0.1) is 13.2 Å². The molecule has 2 aromatic heterocycles. The molecule has 128 valence electrons. The molecule has 0 saturated carbocycles. The monoisotopic (exact) mass is 343 g/mol. The fraction of sp³-hybridized carbons (Fsp3) is 0.526. The van der Waals surface area contributed by atoms with E-state index < -0.39 is 0 Å². The standard InChI is InChI=1S/C19H25N3OS/c1-2-18(24-11-1)13-21-8-5-19(14-21)15-22(9-10-23-16-19)12-17-3-6-20-7-4-17/h1-4,6-7,11H,5,8-10,12-16H2/t19-/m0/s1. The molecular formula is C19H25N3OS. The Kier molecular flexibility index (Phi) is 4.94. The van der Waals surface area contributed by atoms with E-state index in [1.807, 2.05) is 23.7 Å². The molecule has 2 aromatic rings. The molecule has 0 unspecified atom stereocenters. The van der Waals surface area contributed by atoms with Gasteiger partial charge < -0.3 is 4.74 Å². The van der Waals surface area contributed by atoms with Gasteiger partial charge >= 0.3 is 0 Å². The zero-order chi connectivity index (χ0) is 16.2. The highest BCUT2D eigenvalue weighted by molar-refractivity contribution is 7.09. The number of ether oxygens (including phenoxy) is 1. The van der Waals surface area contributed by atoms with E-state index in [9.17, 15) is 0 Å². The Morgan fingerprint density at radius 2 is 1.92 bits per heavy atom. The Labute approximate surface area is 148 Å². The largest absolute Gasteiger partial charge is 0.379 e. The minimum absolute atomic E-state index is 0.292. The van der Waals surface area contributed by atoms with Crippen LogP contribution < -0.4 is 0 Å². The summed E-state index contributed by atoms with van der Waals surface area (Å²) in [7, 11) is 0. The van der Waals surface area contributed by atoms with Crippen molar-refractivity contribution < 1.29 is 4.74 Å². The summed E-state index contributed by atoms with van der Waals surface area (Å²) in [4.78, 5) is 10.8. The van der Waals surface area contributed by atoms with Crippen molar-refractivity contribution in [2.45, 2.75) is 19.5 Å². The van der Waals surface area contributed by atoms with Crippen LogP contribution in [-0.4, -0.2) is 54.2 Å². The van der Waals surface area contributed by atoms with E-state index >= 15 is 0 Å². The highest BCUT2D eigenvalue weighted by atomic mass is 32.1. The van der Waals surface area contributed by atoms with Gasteiger partial charge in [-0.15, -0.1) is 11.3 Å². The van der Waals surface area contributed by atoms with Gasteiger partial charge in [-0.1, -0.05) is 6.07 Å². The number of thiophene rings is 1. The van der Waals surface area contributed by atoms with Crippen LogP contribution in [0.5, 0.6) is 0 Å². The van der Waals surface area contributed by atoms with E-state index in [-0.39, 0.29) is 0 Å². The van der Waals surface area contributed by atoms with Crippen molar-refractivity contribution in [2.24, 2.45) is 5.41 Å². The van der Waals surface area contributed by atoms with Crippen LogP contribution in [-0.2, 0) is 17.8 Å². The highest BCUT2D eigenvalue weighted by Gasteiger charge is 2.41. The molecule has 0 N–H and O–H groups in total. The van der Waals surface area contributed by atoms with Crippen molar-refractivity contribution in [2.75, 3.05) is 39.4 Å². The first-order chi connectivity index (χ1) is 11.8. The number of nitrogens with zero attached hydrogens (tertiary/aromatic N) is 3. The second-order valence-corrected chi connectivity index (χ2v) is 8.19. The maximum Gasteiger partial charge on any atom is 0.0593 e. The third-order valence-electron chi connectivity index (χ3n) is 5.15. The lowest BCUT2D eigenvalue weighted by atomic mass is 9.87. The van der Waals surface area contributed by atoms with E-state index in [0.29, 0.717) is 5.41 Å². The molecule has 1 spiro atoms. The highest BCUT2D eigenvalue weighted by Crippen LogP contribution is 2.34. The first-order valence-electron chi connectivity index (χ1n) is 8.75. The van der Waals surface area contributed by atoms with E-state index in [1.165, 1.54) is 23.4 Å². The third-order valence-corrected chi connectivity index (χ3v) is 6.01. The summed E-state index contributed by atoms with van der Waals surface area (Å²) in [6.45, 7) is 8.33. The zero-order valence-electron chi connectivity index (χ0n) is 14.1. The van der Waals surface area contributed by atoms with Crippen molar-refractivity contribution >= 4 is 11.3 Å². The molecule has 2 fully saturated rings. The Bertz CT molecular complexity index is 633. The Balaban J connectivity index is 1.40. The molecule has 4 rings (SSSR count). The van der Waals surface area contributed by atoms with Crippen LogP contribution in [0.25, 0.3) is 0 Å². The molecule has 4 heterocycles. The molecule has 0 aromatic carbocycles. The molecule has 2 aliphatic heterocycles. The Hall–Kier alpha value is -1.27. The average Bonchev–Trinajstić information content (AvgIpc) is 3.19. The lowest BCUT2D eigenvalue weighted by Crippen LogP contribution is -2.40. The summed E-state index contributed by atoms with van der Waals surface area (Å²) in [5.74, 6) is 0. The average molecular weight is 343 g/mol. The number of hydrogen-bond acceptors (Lipinski definition) is 5. The topological polar surface area (TPSA) is 28.6 Å². The fourth-order valence-corrected chi connectivity index (χ4v) is 4.74. The first kappa shape index (κ1) is 16.2. The quantitative estimate of drug-likeness (QED) is 0.853. The maximum absolute atomic E-state index is 6.01. The second-order valence-electron chi connectivity index (χ2n) is 7.16. The van der Waals surface area contributed by atoms with E-state index in [2.05, 4.69) is 44.4 Å². The number of pyridine rings is 1. The maximum atomic E-state index is 6.01. The van der Waals surface area contributed by atoms with Gasteiger partial charge in [0.15, 0.2) is 0 Å². The van der Waals surface area contributed by atoms with Crippen molar-refractivity contribution in [3.05, 3.63) is 52.5 Å². The molecule has 2 saturated heterocycles. The van der Waals surface area contributed by atoms with Gasteiger partial charge in [0.1, 0.15) is 0 Å². The van der Waals surface area contributed by atoms with Gasteiger partial charge in [0.25, 0.3) is 0 Å². The van der Waals surface area contributed by atoms with Crippen molar-refractivity contribution in [3.8, 4) is 0 Å². The molecular weight excluding hydrogens is 318 g/mol. The number of aromatic nitrogens is 1. The molecule has 2 aliphatic rings. The summed E-state index contributed by atoms with van der Waals surface area (Å²) in [6.07, 6.45) is 5.01. The SMILES string of the molecule is c1csc(CN2CC[C@]3(COCCN(Cc4ccncc4)C3)C2)c1. The van der Waals surface area contributed by atoms with Gasteiger partial charge in [-0.3, -0.25) is 14.8 Å². The normalized spacial score (nSPS) is 26.0. The minimum Gasteiger partial charge on any atom is -0.379 e.